The van der Waals surface area contributed by atoms with E-state index in [0.29, 0.717) is 5.92 Å². The number of benzene rings is 1. The van der Waals surface area contributed by atoms with Crippen LogP contribution in [0.4, 0.5) is 0 Å². The highest BCUT2D eigenvalue weighted by Gasteiger charge is 2.19. The van der Waals surface area contributed by atoms with Gasteiger partial charge in [-0.1, -0.05) is 57.2 Å². The summed E-state index contributed by atoms with van der Waals surface area (Å²) in [4.78, 5) is 0. The Morgan fingerprint density at radius 1 is 1.16 bits per heavy atom. The van der Waals surface area contributed by atoms with Crippen LogP contribution in [0.2, 0.25) is 0 Å². The highest BCUT2D eigenvalue weighted by atomic mass is 14.3. The second kappa shape index (κ2) is 7.34. The van der Waals surface area contributed by atoms with Crippen molar-refractivity contribution < 1.29 is 0 Å². The summed E-state index contributed by atoms with van der Waals surface area (Å²) in [6.45, 7) is 2.23. The first kappa shape index (κ1) is 14.1. The van der Waals surface area contributed by atoms with Gasteiger partial charge in [0.2, 0.25) is 0 Å². The minimum atomic E-state index is 0.634. The fourth-order valence-corrected chi connectivity index (χ4v) is 3.28. The standard InChI is InChI=1S/C18H25N/c1-2-3-5-9-16-12-8-13-17(18(16)14-19)15-10-6-4-7-11-15/h8,12-13,15H,2-7,9-11H2,1H3. The number of aryl methyl sites for hydroxylation is 1. The maximum absolute atomic E-state index is 9.54. The average molecular weight is 255 g/mol. The van der Waals surface area contributed by atoms with Crippen LogP contribution in [0.15, 0.2) is 18.2 Å². The molecule has 1 saturated carbocycles. The van der Waals surface area contributed by atoms with E-state index in [9.17, 15) is 5.26 Å². The molecule has 102 valence electrons. The monoisotopic (exact) mass is 255 g/mol. The fraction of sp³-hybridized carbons (Fsp3) is 0.611. The van der Waals surface area contributed by atoms with E-state index in [-0.39, 0.29) is 0 Å². The summed E-state index contributed by atoms with van der Waals surface area (Å²) in [5, 5.41) is 9.54. The largest absolute Gasteiger partial charge is 0.192 e. The number of hydrogen-bond acceptors (Lipinski definition) is 1. The highest BCUT2D eigenvalue weighted by Crippen LogP contribution is 2.35. The van der Waals surface area contributed by atoms with E-state index in [4.69, 9.17) is 0 Å². The molecule has 1 aromatic rings. The molecule has 0 saturated heterocycles. The van der Waals surface area contributed by atoms with E-state index >= 15 is 0 Å². The van der Waals surface area contributed by atoms with Crippen LogP contribution in [0.5, 0.6) is 0 Å². The van der Waals surface area contributed by atoms with Crippen LogP contribution < -0.4 is 0 Å². The zero-order valence-electron chi connectivity index (χ0n) is 12.1. The first-order valence-corrected chi connectivity index (χ1v) is 7.88. The summed E-state index contributed by atoms with van der Waals surface area (Å²) >= 11 is 0. The van der Waals surface area contributed by atoms with Crippen LogP contribution >= 0.6 is 0 Å². The van der Waals surface area contributed by atoms with Crippen LogP contribution in [0.25, 0.3) is 0 Å². The van der Waals surface area contributed by atoms with Crippen molar-refractivity contribution >= 4 is 0 Å². The van der Waals surface area contributed by atoms with Crippen molar-refractivity contribution in [3.8, 4) is 6.07 Å². The first-order chi connectivity index (χ1) is 9.36. The molecule has 0 aliphatic heterocycles. The highest BCUT2D eigenvalue weighted by molar-refractivity contribution is 5.46. The van der Waals surface area contributed by atoms with E-state index in [1.807, 2.05) is 0 Å². The molecule has 1 aliphatic rings. The molecule has 1 aliphatic carbocycles. The Bertz CT molecular complexity index is 435. The zero-order chi connectivity index (χ0) is 13.5. The molecular formula is C18H25N. The molecule has 0 heterocycles. The van der Waals surface area contributed by atoms with Gasteiger partial charge < -0.3 is 0 Å². The van der Waals surface area contributed by atoms with Gasteiger partial charge in [-0.3, -0.25) is 0 Å². The lowest BCUT2D eigenvalue weighted by atomic mass is 9.81. The summed E-state index contributed by atoms with van der Waals surface area (Å²) in [5.41, 5.74) is 3.60. The predicted octanol–water partition coefficient (Wildman–Crippen LogP) is 5.34. The molecule has 1 nitrogen and oxygen atoms in total. The molecule has 0 spiro atoms. The van der Waals surface area contributed by atoms with Gasteiger partial charge in [0.1, 0.15) is 0 Å². The van der Waals surface area contributed by atoms with Crippen molar-refractivity contribution in [1.29, 1.82) is 5.26 Å². The molecule has 0 N–H and O–H groups in total. The van der Waals surface area contributed by atoms with Gasteiger partial charge in [-0.2, -0.15) is 5.26 Å². The van der Waals surface area contributed by atoms with Crippen molar-refractivity contribution in [2.75, 3.05) is 0 Å². The number of nitrogens with zero attached hydrogens (tertiary/aromatic N) is 1. The van der Waals surface area contributed by atoms with E-state index in [2.05, 4.69) is 31.2 Å². The Labute approximate surface area is 117 Å². The quantitative estimate of drug-likeness (QED) is 0.652. The van der Waals surface area contributed by atoms with Crippen LogP contribution in [-0.4, -0.2) is 0 Å². The van der Waals surface area contributed by atoms with E-state index in [1.54, 1.807) is 0 Å². The van der Waals surface area contributed by atoms with Crippen LogP contribution in [-0.2, 0) is 6.42 Å². The minimum Gasteiger partial charge on any atom is -0.192 e. The third-order valence-corrected chi connectivity index (χ3v) is 4.39. The number of hydrogen-bond donors (Lipinski definition) is 0. The molecule has 1 fully saturated rings. The molecule has 0 unspecified atom stereocenters. The van der Waals surface area contributed by atoms with Gasteiger partial charge in [0.15, 0.2) is 0 Å². The molecule has 19 heavy (non-hydrogen) atoms. The van der Waals surface area contributed by atoms with Gasteiger partial charge in [0.25, 0.3) is 0 Å². The molecule has 1 aromatic carbocycles. The topological polar surface area (TPSA) is 23.8 Å². The Kier molecular flexibility index (Phi) is 5.45. The summed E-state index contributed by atoms with van der Waals surface area (Å²) in [6, 6.07) is 8.99. The maximum Gasteiger partial charge on any atom is 0.0997 e. The maximum atomic E-state index is 9.54. The molecule has 0 atom stereocenters. The van der Waals surface area contributed by atoms with Crippen LogP contribution in [0, 0.1) is 11.3 Å². The van der Waals surface area contributed by atoms with Gasteiger partial charge in [-0.05, 0) is 42.7 Å². The molecular weight excluding hydrogens is 230 g/mol. The third kappa shape index (κ3) is 3.60. The number of unbranched alkanes of at least 4 members (excludes halogenated alkanes) is 2. The lowest BCUT2D eigenvalue weighted by Crippen LogP contribution is -2.08. The first-order valence-electron chi connectivity index (χ1n) is 7.88. The molecule has 1 heteroatoms. The molecule has 0 aromatic heterocycles. The van der Waals surface area contributed by atoms with Gasteiger partial charge >= 0.3 is 0 Å². The molecule has 0 bridgehead atoms. The summed E-state index contributed by atoms with van der Waals surface area (Å²) in [7, 11) is 0. The van der Waals surface area contributed by atoms with E-state index < -0.39 is 0 Å². The predicted molar refractivity (Wildman–Crippen MR) is 80.2 cm³/mol. The Balaban J connectivity index is 2.18. The van der Waals surface area contributed by atoms with Crippen molar-refractivity contribution in [3.05, 3.63) is 34.9 Å². The van der Waals surface area contributed by atoms with Crippen LogP contribution in [0.3, 0.4) is 0 Å². The second-order valence-corrected chi connectivity index (χ2v) is 5.79. The Morgan fingerprint density at radius 2 is 1.95 bits per heavy atom. The molecule has 0 amide bonds. The van der Waals surface area contributed by atoms with Crippen LogP contribution in [0.1, 0.15) is 80.9 Å². The third-order valence-electron chi connectivity index (χ3n) is 4.39. The number of nitriles is 1. The summed E-state index contributed by atoms with van der Waals surface area (Å²) < 4.78 is 0. The van der Waals surface area contributed by atoms with Crippen molar-refractivity contribution in [2.45, 2.75) is 70.6 Å². The van der Waals surface area contributed by atoms with Crippen molar-refractivity contribution in [1.82, 2.24) is 0 Å². The van der Waals surface area contributed by atoms with Crippen molar-refractivity contribution in [3.63, 3.8) is 0 Å². The lowest BCUT2D eigenvalue weighted by Gasteiger charge is -2.23. The van der Waals surface area contributed by atoms with E-state index in [1.165, 1.54) is 62.5 Å². The average Bonchev–Trinajstić information content (AvgIpc) is 2.48. The van der Waals surface area contributed by atoms with Gasteiger partial charge in [-0.25, -0.2) is 0 Å². The van der Waals surface area contributed by atoms with Gasteiger partial charge in [0.05, 0.1) is 11.6 Å². The molecule has 2 rings (SSSR count). The normalized spacial score (nSPS) is 16.2. The van der Waals surface area contributed by atoms with Gasteiger partial charge in [0, 0.05) is 0 Å². The SMILES string of the molecule is CCCCCc1cccc(C2CCCCC2)c1C#N. The van der Waals surface area contributed by atoms with Crippen molar-refractivity contribution in [2.24, 2.45) is 0 Å². The summed E-state index contributed by atoms with van der Waals surface area (Å²) in [5.74, 6) is 0.634. The molecule has 0 radical (unpaired) electrons. The fourth-order valence-electron chi connectivity index (χ4n) is 3.28. The minimum absolute atomic E-state index is 0.634. The Morgan fingerprint density at radius 3 is 2.63 bits per heavy atom. The summed E-state index contributed by atoms with van der Waals surface area (Å²) in [6.07, 6.45) is 11.3. The Hall–Kier alpha value is -1.29. The van der Waals surface area contributed by atoms with Gasteiger partial charge in [-0.15, -0.1) is 0 Å². The lowest BCUT2D eigenvalue weighted by molar-refractivity contribution is 0.443. The number of rotatable bonds is 5. The zero-order valence-corrected chi connectivity index (χ0v) is 12.1. The second-order valence-electron chi connectivity index (χ2n) is 5.79. The van der Waals surface area contributed by atoms with E-state index in [0.717, 1.165) is 12.0 Å². The smallest absolute Gasteiger partial charge is 0.0997 e.